The number of pyridine rings is 1. The fourth-order valence-electron chi connectivity index (χ4n) is 1.03. The number of rotatable bonds is 4. The summed E-state index contributed by atoms with van der Waals surface area (Å²) in [6.07, 6.45) is 1.94. The Hall–Kier alpha value is -1.21. The van der Waals surface area contributed by atoms with Crippen molar-refractivity contribution in [3.05, 3.63) is 28.8 Å². The van der Waals surface area contributed by atoms with Gasteiger partial charge in [-0.05, 0) is 6.07 Å². The molecular formula is C9H10ClFN2O3S. The van der Waals surface area contributed by atoms with Gasteiger partial charge in [0.2, 0.25) is 0 Å². The van der Waals surface area contributed by atoms with Crippen LogP contribution < -0.4 is 5.32 Å². The number of aromatic nitrogens is 1. The second kappa shape index (κ2) is 5.42. The predicted octanol–water partition coefficient (Wildman–Crippen LogP) is 0.648. The molecule has 0 aliphatic heterocycles. The average molecular weight is 281 g/mol. The number of hydrogen-bond acceptors (Lipinski definition) is 4. The van der Waals surface area contributed by atoms with Crippen molar-refractivity contribution in [2.24, 2.45) is 0 Å². The van der Waals surface area contributed by atoms with E-state index in [9.17, 15) is 17.6 Å². The van der Waals surface area contributed by atoms with Crippen molar-refractivity contribution in [1.82, 2.24) is 10.3 Å². The van der Waals surface area contributed by atoms with Crippen LogP contribution >= 0.6 is 11.6 Å². The molecule has 0 saturated carbocycles. The number of carbonyl (C=O) groups excluding carboxylic acids is 1. The molecule has 94 valence electrons. The Morgan fingerprint density at radius 3 is 2.82 bits per heavy atom. The molecule has 0 saturated heterocycles. The smallest absolute Gasteiger partial charge is 0.254 e. The first-order chi connectivity index (χ1) is 7.79. The van der Waals surface area contributed by atoms with Crippen LogP contribution in [0.5, 0.6) is 0 Å². The van der Waals surface area contributed by atoms with E-state index < -0.39 is 21.6 Å². The summed E-state index contributed by atoms with van der Waals surface area (Å²) in [4.78, 5) is 15.0. The van der Waals surface area contributed by atoms with Gasteiger partial charge in [0.25, 0.3) is 5.91 Å². The second-order valence-corrected chi connectivity index (χ2v) is 6.00. The van der Waals surface area contributed by atoms with Gasteiger partial charge in [0.05, 0.1) is 17.5 Å². The highest BCUT2D eigenvalue weighted by Gasteiger charge is 2.13. The average Bonchev–Trinajstić information content (AvgIpc) is 2.19. The number of nitrogens with one attached hydrogen (secondary N) is 1. The lowest BCUT2D eigenvalue weighted by Gasteiger charge is -2.05. The number of hydrogen-bond donors (Lipinski definition) is 1. The Labute approximate surface area is 103 Å². The molecule has 0 aromatic carbocycles. The van der Waals surface area contributed by atoms with Gasteiger partial charge in [-0.2, -0.15) is 0 Å². The van der Waals surface area contributed by atoms with Gasteiger partial charge >= 0.3 is 0 Å². The minimum absolute atomic E-state index is 0.0650. The first-order valence-corrected chi connectivity index (χ1v) is 7.00. The normalized spacial score (nSPS) is 11.2. The van der Waals surface area contributed by atoms with Gasteiger partial charge in [0, 0.05) is 12.8 Å². The van der Waals surface area contributed by atoms with E-state index in [1.807, 2.05) is 0 Å². The third kappa shape index (κ3) is 4.66. The van der Waals surface area contributed by atoms with E-state index in [0.29, 0.717) is 0 Å². The third-order valence-corrected chi connectivity index (χ3v) is 3.06. The zero-order valence-electron chi connectivity index (χ0n) is 8.91. The first kappa shape index (κ1) is 13.9. The van der Waals surface area contributed by atoms with Crippen LogP contribution in [0.2, 0.25) is 5.15 Å². The monoisotopic (exact) mass is 280 g/mol. The second-order valence-electron chi connectivity index (χ2n) is 3.38. The van der Waals surface area contributed by atoms with Gasteiger partial charge in [-0.15, -0.1) is 0 Å². The molecule has 1 amide bonds. The van der Waals surface area contributed by atoms with Crippen molar-refractivity contribution < 1.29 is 17.6 Å². The summed E-state index contributed by atoms with van der Waals surface area (Å²) in [6.45, 7) is -0.0650. The summed E-state index contributed by atoms with van der Waals surface area (Å²) in [5, 5.41) is 2.18. The lowest BCUT2D eigenvalue weighted by Crippen LogP contribution is -2.29. The Bertz CT molecular complexity index is 533. The minimum Gasteiger partial charge on any atom is -0.351 e. The molecule has 17 heavy (non-hydrogen) atoms. The van der Waals surface area contributed by atoms with Crippen LogP contribution in [-0.4, -0.2) is 37.9 Å². The Kier molecular flexibility index (Phi) is 4.41. The van der Waals surface area contributed by atoms with Crippen molar-refractivity contribution in [1.29, 1.82) is 0 Å². The van der Waals surface area contributed by atoms with E-state index in [4.69, 9.17) is 11.6 Å². The fraction of sp³-hybridized carbons (Fsp3) is 0.333. The summed E-state index contributed by atoms with van der Waals surface area (Å²) < 4.78 is 34.5. The summed E-state index contributed by atoms with van der Waals surface area (Å²) >= 11 is 5.60. The van der Waals surface area contributed by atoms with E-state index in [1.165, 1.54) is 0 Å². The summed E-state index contributed by atoms with van der Waals surface area (Å²) in [5.41, 5.74) is -0.125. The summed E-state index contributed by atoms with van der Waals surface area (Å²) in [5.74, 6) is -1.55. The highest BCUT2D eigenvalue weighted by molar-refractivity contribution is 7.90. The highest BCUT2D eigenvalue weighted by atomic mass is 35.5. The lowest BCUT2D eigenvalue weighted by atomic mass is 10.2. The number of sulfone groups is 1. The molecular weight excluding hydrogens is 271 g/mol. The van der Waals surface area contributed by atoms with E-state index in [2.05, 4.69) is 10.3 Å². The first-order valence-electron chi connectivity index (χ1n) is 4.56. The van der Waals surface area contributed by atoms with E-state index in [0.717, 1.165) is 18.5 Å². The molecule has 1 N–H and O–H groups in total. The molecule has 0 unspecified atom stereocenters. The predicted molar refractivity (Wildman–Crippen MR) is 61.2 cm³/mol. The maximum Gasteiger partial charge on any atom is 0.254 e. The van der Waals surface area contributed by atoms with Gasteiger partial charge < -0.3 is 5.32 Å². The summed E-state index contributed by atoms with van der Waals surface area (Å²) in [6, 6.07) is 0.936. The molecule has 1 heterocycles. The molecule has 0 aliphatic carbocycles. The fourth-order valence-corrected chi connectivity index (χ4v) is 1.69. The Morgan fingerprint density at radius 2 is 2.24 bits per heavy atom. The van der Waals surface area contributed by atoms with Gasteiger partial charge in [-0.25, -0.2) is 17.8 Å². The molecule has 0 radical (unpaired) electrons. The van der Waals surface area contributed by atoms with Crippen LogP contribution in [-0.2, 0) is 9.84 Å². The van der Waals surface area contributed by atoms with Crippen LogP contribution in [0.3, 0.4) is 0 Å². The maximum absolute atomic E-state index is 12.8. The zero-order valence-corrected chi connectivity index (χ0v) is 10.5. The molecule has 1 rings (SSSR count). The van der Waals surface area contributed by atoms with Crippen LogP contribution in [0.1, 0.15) is 10.4 Å². The SMILES string of the molecule is CS(=O)(=O)CCNC(=O)c1cc(F)cnc1Cl. The minimum atomic E-state index is -3.16. The van der Waals surface area contributed by atoms with Gasteiger partial charge in [0.1, 0.15) is 20.8 Å². The maximum atomic E-state index is 12.8. The van der Waals surface area contributed by atoms with Gasteiger partial charge in [-0.3, -0.25) is 4.79 Å². The van der Waals surface area contributed by atoms with Crippen LogP contribution in [0.4, 0.5) is 4.39 Å². The standard InChI is InChI=1S/C9H10ClFN2O3S/c1-17(15,16)3-2-12-9(14)7-4-6(11)5-13-8(7)10/h4-5H,2-3H2,1H3,(H,12,14). The Balaban J connectivity index is 2.67. The molecule has 0 fully saturated rings. The highest BCUT2D eigenvalue weighted by Crippen LogP contribution is 2.13. The molecule has 0 atom stereocenters. The molecule has 5 nitrogen and oxygen atoms in total. The quantitative estimate of drug-likeness (QED) is 0.822. The van der Waals surface area contributed by atoms with E-state index >= 15 is 0 Å². The van der Waals surface area contributed by atoms with Crippen molar-refractivity contribution in [3.63, 3.8) is 0 Å². The van der Waals surface area contributed by atoms with Crippen LogP contribution in [0.25, 0.3) is 0 Å². The Morgan fingerprint density at radius 1 is 1.59 bits per heavy atom. The molecule has 1 aromatic heterocycles. The molecule has 8 heteroatoms. The van der Waals surface area contributed by atoms with Crippen LogP contribution in [0.15, 0.2) is 12.3 Å². The van der Waals surface area contributed by atoms with Crippen LogP contribution in [0, 0.1) is 5.82 Å². The van der Waals surface area contributed by atoms with Crippen molar-refractivity contribution in [2.75, 3.05) is 18.6 Å². The number of carbonyl (C=O) groups is 1. The van der Waals surface area contributed by atoms with Crippen molar-refractivity contribution in [3.8, 4) is 0 Å². The zero-order chi connectivity index (χ0) is 13.1. The van der Waals surface area contributed by atoms with E-state index in [1.54, 1.807) is 0 Å². The van der Waals surface area contributed by atoms with Crippen molar-refractivity contribution >= 4 is 27.3 Å². The molecule has 0 bridgehead atoms. The van der Waals surface area contributed by atoms with E-state index in [-0.39, 0.29) is 23.0 Å². The summed E-state index contributed by atoms with van der Waals surface area (Å²) in [7, 11) is -3.16. The molecule has 0 aliphatic rings. The number of nitrogens with zero attached hydrogens (tertiary/aromatic N) is 1. The topological polar surface area (TPSA) is 76.1 Å². The molecule has 0 spiro atoms. The third-order valence-electron chi connectivity index (χ3n) is 1.81. The number of halogens is 2. The largest absolute Gasteiger partial charge is 0.351 e. The van der Waals surface area contributed by atoms with Gasteiger partial charge in [-0.1, -0.05) is 11.6 Å². The molecule has 1 aromatic rings. The van der Waals surface area contributed by atoms with Crippen molar-refractivity contribution in [2.45, 2.75) is 0 Å². The number of amides is 1. The van der Waals surface area contributed by atoms with Gasteiger partial charge in [0.15, 0.2) is 0 Å². The lowest BCUT2D eigenvalue weighted by molar-refractivity contribution is 0.0955.